The number of hydrogen-bond donors (Lipinski definition) is 3. The van der Waals surface area contributed by atoms with Gasteiger partial charge < -0.3 is 10.2 Å². The molecule has 0 unspecified atom stereocenters. The highest BCUT2D eigenvalue weighted by atomic mass is 16.3. The molecule has 1 rings (SSSR count). The lowest BCUT2D eigenvalue weighted by Crippen LogP contribution is -2.34. The van der Waals surface area contributed by atoms with Gasteiger partial charge in [0.25, 0.3) is 5.56 Å². The Morgan fingerprint density at radius 2 is 2.20 bits per heavy atom. The van der Waals surface area contributed by atoms with E-state index in [4.69, 9.17) is 5.11 Å². The van der Waals surface area contributed by atoms with E-state index >= 15 is 0 Å². The van der Waals surface area contributed by atoms with Crippen LogP contribution < -0.4 is 11.2 Å². The van der Waals surface area contributed by atoms with Gasteiger partial charge in [0.05, 0.1) is 12.6 Å². The number of nitrogens with zero attached hydrogens (tertiary/aromatic N) is 1. The predicted octanol–water partition coefficient (Wildman–Crippen LogP) is -1.41. The van der Waals surface area contributed by atoms with Crippen LogP contribution in [0.15, 0.2) is 15.8 Å². The molecule has 0 fully saturated rings. The van der Waals surface area contributed by atoms with Crippen molar-refractivity contribution < 1.29 is 10.2 Å². The highest BCUT2D eigenvalue weighted by Crippen LogP contribution is 1.94. The van der Waals surface area contributed by atoms with Crippen LogP contribution in [0.3, 0.4) is 0 Å². The normalized spacial score (nSPS) is 12.7. The molecule has 0 saturated carbocycles. The number of aliphatic hydroxyl groups excluding tert-OH is 2. The summed E-state index contributed by atoms with van der Waals surface area (Å²) in [4.78, 5) is 24.4. The average Bonchev–Trinajstić information content (AvgIpc) is 2.14. The summed E-state index contributed by atoms with van der Waals surface area (Å²) in [6.45, 7) is 1.50. The minimum absolute atomic E-state index is 0.0665. The van der Waals surface area contributed by atoms with E-state index in [2.05, 4.69) is 4.98 Å². The molecule has 6 nitrogen and oxygen atoms in total. The van der Waals surface area contributed by atoms with Crippen molar-refractivity contribution in [2.75, 3.05) is 6.61 Å². The first-order chi connectivity index (χ1) is 7.04. The third-order valence-electron chi connectivity index (χ3n) is 2.06. The number of aromatic nitrogens is 2. The van der Waals surface area contributed by atoms with Crippen LogP contribution in [0.25, 0.3) is 0 Å². The second-order valence-corrected chi connectivity index (χ2v) is 3.39. The van der Waals surface area contributed by atoms with Gasteiger partial charge in [0.1, 0.15) is 0 Å². The number of H-pyrrole nitrogens is 1. The first-order valence-corrected chi connectivity index (χ1v) is 4.64. The molecule has 1 heterocycles. The molecule has 15 heavy (non-hydrogen) atoms. The Balaban J connectivity index is 2.91. The Bertz CT molecular complexity index is 434. The molecule has 0 radical (unpaired) electrons. The third-order valence-corrected chi connectivity index (χ3v) is 2.06. The van der Waals surface area contributed by atoms with Gasteiger partial charge in [-0.2, -0.15) is 0 Å². The van der Waals surface area contributed by atoms with Crippen molar-refractivity contribution in [2.45, 2.75) is 26.0 Å². The SMILES string of the molecule is Cc1cn(C[C@@H](O)CCO)c(=O)[nH]c1=O. The third kappa shape index (κ3) is 3.03. The molecule has 1 aromatic heterocycles. The van der Waals surface area contributed by atoms with Gasteiger partial charge in [0.15, 0.2) is 0 Å². The molecule has 0 aliphatic heterocycles. The summed E-state index contributed by atoms with van der Waals surface area (Å²) in [5.41, 5.74) is -0.568. The van der Waals surface area contributed by atoms with Gasteiger partial charge in [0.2, 0.25) is 0 Å². The zero-order chi connectivity index (χ0) is 11.4. The van der Waals surface area contributed by atoms with E-state index in [9.17, 15) is 14.7 Å². The van der Waals surface area contributed by atoms with Gasteiger partial charge in [-0.25, -0.2) is 4.79 Å². The molecule has 0 aliphatic carbocycles. The summed E-state index contributed by atoms with van der Waals surface area (Å²) in [5, 5.41) is 18.0. The van der Waals surface area contributed by atoms with Crippen LogP contribution in [0, 0.1) is 6.92 Å². The van der Waals surface area contributed by atoms with Crippen LogP contribution in [0.2, 0.25) is 0 Å². The molecule has 1 aromatic rings. The topological polar surface area (TPSA) is 95.3 Å². The molecule has 0 aliphatic rings. The Hall–Kier alpha value is -1.40. The van der Waals surface area contributed by atoms with Gasteiger partial charge in [-0.15, -0.1) is 0 Å². The Kier molecular flexibility index (Phi) is 3.81. The van der Waals surface area contributed by atoms with Crippen LogP contribution in [0.5, 0.6) is 0 Å². The Labute approximate surface area is 85.8 Å². The molecule has 0 saturated heterocycles. The van der Waals surface area contributed by atoms with Gasteiger partial charge >= 0.3 is 5.69 Å². The Morgan fingerprint density at radius 3 is 2.80 bits per heavy atom. The van der Waals surface area contributed by atoms with E-state index in [1.807, 2.05) is 0 Å². The predicted molar refractivity (Wildman–Crippen MR) is 53.8 cm³/mol. The zero-order valence-electron chi connectivity index (χ0n) is 8.43. The minimum atomic E-state index is -0.794. The maximum Gasteiger partial charge on any atom is 0.328 e. The molecule has 0 aromatic carbocycles. The van der Waals surface area contributed by atoms with Gasteiger partial charge in [-0.05, 0) is 13.3 Å². The molecule has 0 bridgehead atoms. The highest BCUT2D eigenvalue weighted by Gasteiger charge is 2.07. The average molecular weight is 214 g/mol. The van der Waals surface area contributed by atoms with E-state index < -0.39 is 17.4 Å². The van der Waals surface area contributed by atoms with Gasteiger partial charge in [-0.1, -0.05) is 0 Å². The molecular weight excluding hydrogens is 200 g/mol. The lowest BCUT2D eigenvalue weighted by molar-refractivity contribution is 0.115. The molecule has 0 spiro atoms. The molecule has 3 N–H and O–H groups in total. The van der Waals surface area contributed by atoms with Crippen molar-refractivity contribution in [3.63, 3.8) is 0 Å². The molecule has 6 heteroatoms. The maximum absolute atomic E-state index is 11.3. The first kappa shape index (κ1) is 11.7. The number of aromatic amines is 1. The van der Waals surface area contributed by atoms with Gasteiger partial charge in [-0.3, -0.25) is 14.3 Å². The maximum atomic E-state index is 11.3. The summed E-state index contributed by atoms with van der Waals surface area (Å²) in [7, 11) is 0. The molecule has 0 amide bonds. The lowest BCUT2D eigenvalue weighted by Gasteiger charge is -2.10. The number of nitrogens with one attached hydrogen (secondary N) is 1. The second kappa shape index (κ2) is 4.90. The summed E-state index contributed by atoms with van der Waals surface area (Å²) in [5.74, 6) is 0. The number of aryl methyl sites for hydroxylation is 1. The lowest BCUT2D eigenvalue weighted by atomic mass is 10.2. The number of rotatable bonds is 4. The van der Waals surface area contributed by atoms with Crippen molar-refractivity contribution in [1.29, 1.82) is 0 Å². The smallest absolute Gasteiger partial charge is 0.328 e. The summed E-state index contributed by atoms with van der Waals surface area (Å²) >= 11 is 0. The second-order valence-electron chi connectivity index (χ2n) is 3.39. The zero-order valence-corrected chi connectivity index (χ0v) is 8.43. The Morgan fingerprint density at radius 1 is 1.53 bits per heavy atom. The fourth-order valence-electron chi connectivity index (χ4n) is 1.22. The first-order valence-electron chi connectivity index (χ1n) is 4.64. The van der Waals surface area contributed by atoms with Crippen LogP contribution in [0.1, 0.15) is 12.0 Å². The minimum Gasteiger partial charge on any atom is -0.396 e. The monoisotopic (exact) mass is 214 g/mol. The van der Waals surface area contributed by atoms with Crippen molar-refractivity contribution in [1.82, 2.24) is 9.55 Å². The summed E-state index contributed by atoms with van der Waals surface area (Å²) in [6, 6.07) is 0. The van der Waals surface area contributed by atoms with Crippen LogP contribution in [0.4, 0.5) is 0 Å². The summed E-state index contributed by atoms with van der Waals surface area (Å²) < 4.78 is 1.22. The molecular formula is C9H14N2O4. The fraction of sp³-hybridized carbons (Fsp3) is 0.556. The van der Waals surface area contributed by atoms with Crippen LogP contribution in [-0.4, -0.2) is 32.5 Å². The largest absolute Gasteiger partial charge is 0.396 e. The number of aliphatic hydroxyl groups is 2. The highest BCUT2D eigenvalue weighted by molar-refractivity contribution is 5.00. The fourth-order valence-corrected chi connectivity index (χ4v) is 1.22. The van der Waals surface area contributed by atoms with E-state index in [0.29, 0.717) is 5.56 Å². The molecule has 1 atom stereocenters. The summed E-state index contributed by atoms with van der Waals surface area (Å²) in [6.07, 6.45) is 0.796. The van der Waals surface area contributed by atoms with Crippen LogP contribution in [-0.2, 0) is 6.54 Å². The molecule has 84 valence electrons. The van der Waals surface area contributed by atoms with E-state index in [0.717, 1.165) is 0 Å². The van der Waals surface area contributed by atoms with E-state index in [1.54, 1.807) is 6.92 Å². The van der Waals surface area contributed by atoms with Crippen molar-refractivity contribution in [2.24, 2.45) is 0 Å². The standard InChI is InChI=1S/C9H14N2O4/c1-6-4-11(5-7(13)2-3-12)9(15)10-8(6)14/h4,7,12-13H,2-3,5H2,1H3,(H,10,14,15)/t7-/m0/s1. The van der Waals surface area contributed by atoms with Crippen molar-refractivity contribution in [3.05, 3.63) is 32.6 Å². The van der Waals surface area contributed by atoms with Crippen LogP contribution >= 0.6 is 0 Å². The number of hydrogen-bond acceptors (Lipinski definition) is 4. The van der Waals surface area contributed by atoms with Crippen molar-refractivity contribution in [3.8, 4) is 0 Å². The van der Waals surface area contributed by atoms with E-state index in [1.165, 1.54) is 10.8 Å². The van der Waals surface area contributed by atoms with E-state index in [-0.39, 0.29) is 19.6 Å². The van der Waals surface area contributed by atoms with Gasteiger partial charge in [0, 0.05) is 18.4 Å². The van der Waals surface area contributed by atoms with Crippen molar-refractivity contribution >= 4 is 0 Å². The quantitative estimate of drug-likeness (QED) is 0.573.